The van der Waals surface area contributed by atoms with Gasteiger partial charge in [-0.3, -0.25) is 4.72 Å². The molecule has 0 fully saturated rings. The number of rotatable bonds is 4. The monoisotopic (exact) mass is 374 g/mol. The Hall–Kier alpha value is -2.80. The van der Waals surface area contributed by atoms with E-state index in [2.05, 4.69) is 9.71 Å². The summed E-state index contributed by atoms with van der Waals surface area (Å²) in [6.07, 6.45) is 0. The molecule has 1 heterocycles. The molecule has 3 rings (SSSR count). The zero-order valence-corrected chi connectivity index (χ0v) is 14.9. The molecule has 0 spiro atoms. The molecule has 0 radical (unpaired) electrons. The van der Waals surface area contributed by atoms with Crippen molar-refractivity contribution in [3.8, 4) is 11.1 Å². The zero-order chi connectivity index (χ0) is 18.9. The number of anilines is 1. The highest BCUT2D eigenvalue weighted by atomic mass is 32.2. The molecule has 0 aliphatic rings. The molecule has 7 heteroatoms. The fourth-order valence-electron chi connectivity index (χ4n) is 2.59. The van der Waals surface area contributed by atoms with Gasteiger partial charge in [0.2, 0.25) is 0 Å². The van der Waals surface area contributed by atoms with Crippen molar-refractivity contribution in [1.29, 1.82) is 0 Å². The summed E-state index contributed by atoms with van der Waals surface area (Å²) in [6.45, 7) is 3.47. The van der Waals surface area contributed by atoms with Gasteiger partial charge >= 0.3 is 0 Å². The molecule has 134 valence electrons. The summed E-state index contributed by atoms with van der Waals surface area (Å²) in [5.41, 5.74) is 2.40. The van der Waals surface area contributed by atoms with Crippen LogP contribution in [0.15, 0.2) is 59.5 Å². The molecule has 2 aromatic carbocycles. The molecule has 0 saturated carbocycles. The molecule has 0 bridgehead atoms. The first-order valence-electron chi connectivity index (χ1n) is 7.79. The molecular weight excluding hydrogens is 358 g/mol. The van der Waals surface area contributed by atoms with E-state index in [1.165, 1.54) is 18.2 Å². The van der Waals surface area contributed by atoms with Crippen LogP contribution in [-0.2, 0) is 10.0 Å². The third-order valence-corrected chi connectivity index (χ3v) is 5.22. The van der Waals surface area contributed by atoms with Gasteiger partial charge in [0.15, 0.2) is 11.6 Å². The van der Waals surface area contributed by atoms with Crippen molar-refractivity contribution in [2.24, 2.45) is 0 Å². The zero-order valence-electron chi connectivity index (χ0n) is 14.1. The first kappa shape index (κ1) is 18.0. The second-order valence-corrected chi connectivity index (χ2v) is 7.56. The first-order chi connectivity index (χ1) is 12.3. The van der Waals surface area contributed by atoms with Crippen LogP contribution in [0.3, 0.4) is 0 Å². The minimum absolute atomic E-state index is 0.0599. The quantitative estimate of drug-likeness (QED) is 0.734. The Bertz CT molecular complexity index is 1080. The summed E-state index contributed by atoms with van der Waals surface area (Å²) < 4.78 is 54.1. The average Bonchev–Trinajstić information content (AvgIpc) is 2.57. The summed E-state index contributed by atoms with van der Waals surface area (Å²) >= 11 is 0. The largest absolute Gasteiger partial charge is 0.263 e. The van der Waals surface area contributed by atoms with Gasteiger partial charge < -0.3 is 0 Å². The van der Waals surface area contributed by atoms with Crippen molar-refractivity contribution < 1.29 is 17.2 Å². The summed E-state index contributed by atoms with van der Waals surface area (Å²) in [5, 5.41) is 0. The lowest BCUT2D eigenvalue weighted by Crippen LogP contribution is -2.14. The molecule has 0 aliphatic carbocycles. The number of hydrogen-bond donors (Lipinski definition) is 1. The van der Waals surface area contributed by atoms with Crippen LogP contribution in [-0.4, -0.2) is 13.4 Å². The molecular formula is C19H16F2N2O2S. The van der Waals surface area contributed by atoms with E-state index in [1.54, 1.807) is 38.1 Å². The Morgan fingerprint density at radius 1 is 0.923 bits per heavy atom. The molecule has 0 amide bonds. The lowest BCUT2D eigenvalue weighted by molar-refractivity contribution is 0.509. The summed E-state index contributed by atoms with van der Waals surface area (Å²) in [6, 6.07) is 13.1. The SMILES string of the molecule is Cc1cccc(NS(=O)(=O)c2ccc(-c3ccc(F)c(F)c3)c(C)c2)n1. The maximum atomic E-state index is 13.5. The standard InChI is InChI=1S/C19H16F2N2O2S/c1-12-10-15(26(24,25)23-19-5-3-4-13(2)22-19)7-8-16(12)14-6-9-17(20)18(21)11-14/h3-11H,1-2H3,(H,22,23). The molecule has 1 aromatic heterocycles. The predicted octanol–water partition coefficient (Wildman–Crippen LogP) is 4.44. The minimum atomic E-state index is -3.81. The summed E-state index contributed by atoms with van der Waals surface area (Å²) in [5.74, 6) is -1.65. The highest BCUT2D eigenvalue weighted by molar-refractivity contribution is 7.92. The molecule has 0 aliphatic heterocycles. The number of nitrogens with one attached hydrogen (secondary N) is 1. The number of benzene rings is 2. The van der Waals surface area contributed by atoms with Gasteiger partial charge in [-0.25, -0.2) is 22.2 Å². The Morgan fingerprint density at radius 3 is 2.35 bits per heavy atom. The molecule has 0 atom stereocenters. The highest BCUT2D eigenvalue weighted by Crippen LogP contribution is 2.27. The predicted molar refractivity (Wildman–Crippen MR) is 96.3 cm³/mol. The van der Waals surface area contributed by atoms with E-state index in [1.807, 2.05) is 0 Å². The van der Waals surface area contributed by atoms with Crippen molar-refractivity contribution in [2.45, 2.75) is 18.7 Å². The second-order valence-electron chi connectivity index (χ2n) is 5.88. The third-order valence-electron chi connectivity index (χ3n) is 3.87. The number of nitrogens with zero attached hydrogens (tertiary/aromatic N) is 1. The number of halogens is 2. The van der Waals surface area contributed by atoms with E-state index in [0.29, 0.717) is 22.4 Å². The van der Waals surface area contributed by atoms with Gasteiger partial charge in [0, 0.05) is 5.69 Å². The van der Waals surface area contributed by atoms with Crippen LogP contribution in [0.4, 0.5) is 14.6 Å². The van der Waals surface area contributed by atoms with E-state index >= 15 is 0 Å². The number of pyridine rings is 1. The fourth-order valence-corrected chi connectivity index (χ4v) is 3.67. The topological polar surface area (TPSA) is 59.1 Å². The molecule has 26 heavy (non-hydrogen) atoms. The summed E-state index contributed by atoms with van der Waals surface area (Å²) in [4.78, 5) is 4.18. The normalized spacial score (nSPS) is 11.4. The van der Waals surface area contributed by atoms with Crippen LogP contribution in [0.2, 0.25) is 0 Å². The second kappa shape index (κ2) is 6.84. The van der Waals surface area contributed by atoms with Crippen molar-refractivity contribution in [3.05, 3.63) is 77.5 Å². The number of aromatic nitrogens is 1. The maximum Gasteiger partial charge on any atom is 0.263 e. The Labute approximate surface area is 150 Å². The Balaban J connectivity index is 1.94. The smallest absolute Gasteiger partial charge is 0.263 e. The number of aryl methyl sites for hydroxylation is 2. The highest BCUT2D eigenvalue weighted by Gasteiger charge is 2.17. The van der Waals surface area contributed by atoms with Crippen molar-refractivity contribution >= 4 is 15.8 Å². The van der Waals surface area contributed by atoms with Crippen LogP contribution < -0.4 is 4.72 Å². The minimum Gasteiger partial charge on any atom is -0.263 e. The molecule has 1 N–H and O–H groups in total. The van der Waals surface area contributed by atoms with E-state index in [9.17, 15) is 17.2 Å². The van der Waals surface area contributed by atoms with Crippen molar-refractivity contribution in [2.75, 3.05) is 4.72 Å². The van der Waals surface area contributed by atoms with E-state index < -0.39 is 21.7 Å². The van der Waals surface area contributed by atoms with Crippen LogP contribution >= 0.6 is 0 Å². The van der Waals surface area contributed by atoms with E-state index in [-0.39, 0.29) is 10.7 Å². The molecule has 0 unspecified atom stereocenters. The van der Waals surface area contributed by atoms with Crippen LogP contribution in [0.1, 0.15) is 11.3 Å². The third kappa shape index (κ3) is 3.72. The van der Waals surface area contributed by atoms with Gasteiger partial charge in [0.25, 0.3) is 10.0 Å². The van der Waals surface area contributed by atoms with E-state index in [4.69, 9.17) is 0 Å². The van der Waals surface area contributed by atoms with Crippen molar-refractivity contribution in [3.63, 3.8) is 0 Å². The van der Waals surface area contributed by atoms with E-state index in [0.717, 1.165) is 12.1 Å². The van der Waals surface area contributed by atoms with Gasteiger partial charge in [-0.15, -0.1) is 0 Å². The van der Waals surface area contributed by atoms with Gasteiger partial charge in [0.05, 0.1) is 4.90 Å². The Kier molecular flexibility index (Phi) is 4.73. The molecule has 4 nitrogen and oxygen atoms in total. The van der Waals surface area contributed by atoms with Gasteiger partial charge in [0.1, 0.15) is 5.82 Å². The van der Waals surface area contributed by atoms with Crippen molar-refractivity contribution in [1.82, 2.24) is 4.98 Å². The maximum absolute atomic E-state index is 13.5. The Morgan fingerprint density at radius 2 is 1.69 bits per heavy atom. The first-order valence-corrected chi connectivity index (χ1v) is 9.27. The lowest BCUT2D eigenvalue weighted by atomic mass is 10.0. The fraction of sp³-hybridized carbons (Fsp3) is 0.105. The van der Waals surface area contributed by atoms with Crippen LogP contribution in [0, 0.1) is 25.5 Å². The molecule has 0 saturated heterocycles. The van der Waals surface area contributed by atoms with Gasteiger partial charge in [-0.05, 0) is 66.9 Å². The number of sulfonamides is 1. The lowest BCUT2D eigenvalue weighted by Gasteiger charge is -2.11. The van der Waals surface area contributed by atoms with Crippen LogP contribution in [0.25, 0.3) is 11.1 Å². The van der Waals surface area contributed by atoms with Gasteiger partial charge in [-0.2, -0.15) is 0 Å². The number of hydrogen-bond acceptors (Lipinski definition) is 3. The van der Waals surface area contributed by atoms with Crippen LogP contribution in [0.5, 0.6) is 0 Å². The van der Waals surface area contributed by atoms with Gasteiger partial charge in [-0.1, -0.05) is 18.2 Å². The average molecular weight is 374 g/mol. The molecule has 3 aromatic rings. The summed E-state index contributed by atoms with van der Waals surface area (Å²) in [7, 11) is -3.81.